The zero-order valence-electron chi connectivity index (χ0n) is 22.8. The van der Waals surface area contributed by atoms with Crippen LogP contribution in [-0.4, -0.2) is 45.9 Å². The summed E-state index contributed by atoms with van der Waals surface area (Å²) in [6, 6.07) is 16.6. The van der Waals surface area contributed by atoms with Gasteiger partial charge in [-0.1, -0.05) is 0 Å². The molecular formula is C29H28F2N4O5S. The van der Waals surface area contributed by atoms with Gasteiger partial charge >= 0.3 is 0 Å². The highest BCUT2D eigenvalue weighted by molar-refractivity contribution is 7.92. The van der Waals surface area contributed by atoms with Crippen LogP contribution >= 0.6 is 0 Å². The van der Waals surface area contributed by atoms with Crippen molar-refractivity contribution in [3.8, 4) is 17.2 Å². The van der Waals surface area contributed by atoms with Crippen molar-refractivity contribution >= 4 is 27.8 Å². The van der Waals surface area contributed by atoms with E-state index in [1.165, 1.54) is 62.9 Å². The van der Waals surface area contributed by atoms with Crippen molar-refractivity contribution in [1.82, 2.24) is 9.99 Å². The van der Waals surface area contributed by atoms with Gasteiger partial charge in [0, 0.05) is 28.7 Å². The third-order valence-corrected chi connectivity index (χ3v) is 8.06. The van der Waals surface area contributed by atoms with Crippen molar-refractivity contribution in [2.75, 3.05) is 25.1 Å². The first-order chi connectivity index (χ1) is 19.5. The van der Waals surface area contributed by atoms with E-state index < -0.39 is 28.3 Å². The second-order valence-corrected chi connectivity index (χ2v) is 10.8. The molecule has 0 fully saturated rings. The number of amides is 1. The normalized spacial score (nSPS) is 11.5. The number of ether oxygens (including phenoxy) is 2. The van der Waals surface area contributed by atoms with Gasteiger partial charge in [-0.2, -0.15) is 5.10 Å². The lowest BCUT2D eigenvalue weighted by Gasteiger charge is -2.24. The smallest absolute Gasteiger partial charge is 0.264 e. The number of halogens is 2. The van der Waals surface area contributed by atoms with E-state index in [4.69, 9.17) is 9.47 Å². The van der Waals surface area contributed by atoms with Crippen molar-refractivity contribution < 1.29 is 31.5 Å². The molecular weight excluding hydrogens is 554 g/mol. The molecule has 0 aliphatic heterocycles. The number of rotatable bonds is 10. The first kappa shape index (κ1) is 29.3. The summed E-state index contributed by atoms with van der Waals surface area (Å²) in [6.07, 6.45) is 1.44. The first-order valence-electron chi connectivity index (χ1n) is 12.3. The number of nitrogens with one attached hydrogen (secondary N) is 1. The van der Waals surface area contributed by atoms with Crippen LogP contribution in [0.15, 0.2) is 82.8 Å². The summed E-state index contributed by atoms with van der Waals surface area (Å²) >= 11 is 0. The number of anilines is 1. The summed E-state index contributed by atoms with van der Waals surface area (Å²) in [5, 5.41) is 4.01. The number of hydrogen-bond donors (Lipinski definition) is 1. The highest BCUT2D eigenvalue weighted by Crippen LogP contribution is 2.32. The molecule has 0 bridgehead atoms. The zero-order valence-corrected chi connectivity index (χ0v) is 23.6. The molecule has 1 N–H and O–H groups in total. The SMILES string of the molecule is COc1ccc(S(=O)(=O)N(CC(=O)N/N=C\c2cc(C)n(-c3ccc(F)cc3)c2C)c2ccc(F)cc2)cc1OC. The van der Waals surface area contributed by atoms with Crippen LogP contribution in [0.25, 0.3) is 5.69 Å². The Morgan fingerprint density at radius 1 is 0.927 bits per heavy atom. The molecule has 214 valence electrons. The van der Waals surface area contributed by atoms with Gasteiger partial charge in [0.05, 0.1) is 31.0 Å². The molecule has 0 atom stereocenters. The van der Waals surface area contributed by atoms with E-state index in [0.29, 0.717) is 11.3 Å². The monoisotopic (exact) mass is 582 g/mol. The van der Waals surface area contributed by atoms with Crippen LogP contribution in [0.1, 0.15) is 17.0 Å². The van der Waals surface area contributed by atoms with Crippen LogP contribution in [0.4, 0.5) is 14.5 Å². The number of methoxy groups -OCH3 is 2. The minimum atomic E-state index is -4.31. The van der Waals surface area contributed by atoms with Gasteiger partial charge in [-0.3, -0.25) is 9.10 Å². The number of nitrogens with zero attached hydrogens (tertiary/aromatic N) is 3. The number of carbonyl (C=O) groups is 1. The largest absolute Gasteiger partial charge is 0.493 e. The van der Waals surface area contributed by atoms with E-state index in [2.05, 4.69) is 10.5 Å². The topological polar surface area (TPSA) is 102 Å². The molecule has 0 spiro atoms. The third kappa shape index (κ3) is 6.38. The highest BCUT2D eigenvalue weighted by atomic mass is 32.2. The summed E-state index contributed by atoms with van der Waals surface area (Å²) < 4.78 is 67.4. The van der Waals surface area contributed by atoms with Gasteiger partial charge in [-0.15, -0.1) is 0 Å². The van der Waals surface area contributed by atoms with Gasteiger partial charge in [0.25, 0.3) is 15.9 Å². The minimum absolute atomic E-state index is 0.0724. The predicted molar refractivity (Wildman–Crippen MR) is 151 cm³/mol. The summed E-state index contributed by atoms with van der Waals surface area (Å²) in [5.41, 5.74) is 5.56. The average Bonchev–Trinajstić information content (AvgIpc) is 3.24. The molecule has 0 saturated carbocycles. The van der Waals surface area contributed by atoms with Crippen molar-refractivity contribution in [3.63, 3.8) is 0 Å². The Bertz CT molecular complexity index is 1690. The molecule has 12 heteroatoms. The van der Waals surface area contributed by atoms with Gasteiger partial charge in [0.15, 0.2) is 11.5 Å². The van der Waals surface area contributed by atoms with E-state index in [-0.39, 0.29) is 22.1 Å². The second kappa shape index (κ2) is 12.2. The standard InChI is InChI=1S/C29H28F2N4O5S/c1-19-15-21(20(2)35(19)25-11-7-23(31)8-12-25)17-32-33-29(36)18-34(24-9-5-22(30)6-10-24)41(37,38)26-13-14-27(39-3)28(16-26)40-4/h5-17H,18H2,1-4H3,(H,33,36)/b32-17-. The summed E-state index contributed by atoms with van der Waals surface area (Å²) in [7, 11) is -1.52. The molecule has 0 radical (unpaired) electrons. The fourth-order valence-electron chi connectivity index (χ4n) is 4.27. The molecule has 0 aliphatic carbocycles. The number of sulfonamides is 1. The highest BCUT2D eigenvalue weighted by Gasteiger charge is 2.28. The lowest BCUT2D eigenvalue weighted by molar-refractivity contribution is -0.119. The molecule has 1 heterocycles. The van der Waals surface area contributed by atoms with Gasteiger partial charge in [0.2, 0.25) is 0 Å². The molecule has 1 aromatic heterocycles. The van der Waals surface area contributed by atoms with E-state index in [1.54, 1.807) is 12.1 Å². The fraction of sp³-hybridized carbons (Fsp3) is 0.172. The fourth-order valence-corrected chi connectivity index (χ4v) is 5.71. The summed E-state index contributed by atoms with van der Waals surface area (Å²) in [6.45, 7) is 3.09. The number of aryl methyl sites for hydroxylation is 1. The van der Waals surface area contributed by atoms with Crippen LogP contribution in [0.5, 0.6) is 11.5 Å². The van der Waals surface area contributed by atoms with Crippen molar-refractivity contribution in [2.45, 2.75) is 18.7 Å². The number of carbonyl (C=O) groups excluding carboxylic acids is 1. The molecule has 0 aliphatic rings. The Balaban J connectivity index is 1.58. The van der Waals surface area contributed by atoms with Crippen molar-refractivity contribution in [2.24, 2.45) is 5.10 Å². The van der Waals surface area contributed by atoms with Crippen LogP contribution in [0.3, 0.4) is 0 Å². The Morgan fingerprint density at radius 3 is 2.15 bits per heavy atom. The maximum atomic E-state index is 13.6. The zero-order chi connectivity index (χ0) is 29.7. The second-order valence-electron chi connectivity index (χ2n) is 8.94. The van der Waals surface area contributed by atoms with E-state index in [0.717, 1.165) is 33.5 Å². The maximum Gasteiger partial charge on any atom is 0.264 e. The van der Waals surface area contributed by atoms with Gasteiger partial charge in [0.1, 0.15) is 18.2 Å². The molecule has 4 aromatic rings. The quantitative estimate of drug-likeness (QED) is 0.215. The molecule has 3 aromatic carbocycles. The van der Waals surface area contributed by atoms with E-state index >= 15 is 0 Å². The Kier molecular flexibility index (Phi) is 8.72. The van der Waals surface area contributed by atoms with Crippen LogP contribution in [0.2, 0.25) is 0 Å². The lowest BCUT2D eigenvalue weighted by Crippen LogP contribution is -2.39. The minimum Gasteiger partial charge on any atom is -0.493 e. The van der Waals surface area contributed by atoms with Crippen LogP contribution < -0.4 is 19.2 Å². The maximum absolute atomic E-state index is 13.6. The van der Waals surface area contributed by atoms with Crippen molar-refractivity contribution in [3.05, 3.63) is 101 Å². The molecule has 0 saturated heterocycles. The number of benzene rings is 3. The number of hydrogen-bond acceptors (Lipinski definition) is 6. The van der Waals surface area contributed by atoms with Crippen molar-refractivity contribution in [1.29, 1.82) is 0 Å². The molecule has 4 rings (SSSR count). The van der Waals surface area contributed by atoms with Gasteiger partial charge in [-0.25, -0.2) is 22.6 Å². The Labute approximate surface area is 236 Å². The van der Waals surface area contributed by atoms with E-state index in [1.807, 2.05) is 24.5 Å². The average molecular weight is 583 g/mol. The molecule has 0 unspecified atom stereocenters. The van der Waals surface area contributed by atoms with E-state index in [9.17, 15) is 22.0 Å². The molecule has 1 amide bonds. The summed E-state index contributed by atoms with van der Waals surface area (Å²) in [4.78, 5) is 12.7. The third-order valence-electron chi connectivity index (χ3n) is 6.29. The van der Waals surface area contributed by atoms with Crippen LogP contribution in [-0.2, 0) is 14.8 Å². The lowest BCUT2D eigenvalue weighted by atomic mass is 10.2. The van der Waals surface area contributed by atoms with Gasteiger partial charge < -0.3 is 14.0 Å². The van der Waals surface area contributed by atoms with Gasteiger partial charge in [-0.05, 0) is 80.6 Å². The Morgan fingerprint density at radius 2 is 1.54 bits per heavy atom. The predicted octanol–water partition coefficient (Wildman–Crippen LogP) is 4.74. The Hall–Kier alpha value is -4.71. The number of hydrazone groups is 1. The molecule has 41 heavy (non-hydrogen) atoms. The first-order valence-corrected chi connectivity index (χ1v) is 13.8. The summed E-state index contributed by atoms with van der Waals surface area (Å²) in [5.74, 6) is -1.14. The number of aromatic nitrogens is 1. The molecule has 9 nitrogen and oxygen atoms in total. The van der Waals surface area contributed by atoms with Crippen LogP contribution in [0, 0.1) is 25.5 Å².